The van der Waals surface area contributed by atoms with Gasteiger partial charge in [-0.15, -0.1) is 0 Å². The van der Waals surface area contributed by atoms with Crippen molar-refractivity contribution in [3.63, 3.8) is 0 Å². The van der Waals surface area contributed by atoms with E-state index in [-0.39, 0.29) is 10.6 Å². The van der Waals surface area contributed by atoms with Crippen LogP contribution in [0.5, 0.6) is 5.75 Å². The molecule has 230 valence electrons. The van der Waals surface area contributed by atoms with Crippen LogP contribution < -0.4 is 14.8 Å². The SMILES string of the molecule is CCN(CC)CCCCn1ccc2cc(-c3cc(Nc4ccc(NS(=O)(=O)c5ccc(OC)c(F)c5)cc4)ncn3)ccc21. The number of rotatable bonds is 14. The Kier molecular flexibility index (Phi) is 9.76. The van der Waals surface area contributed by atoms with Crippen molar-refractivity contribution < 1.29 is 17.5 Å². The van der Waals surface area contributed by atoms with E-state index in [9.17, 15) is 12.8 Å². The van der Waals surface area contributed by atoms with Gasteiger partial charge in [-0.3, -0.25) is 4.72 Å². The Morgan fingerprint density at radius 2 is 1.68 bits per heavy atom. The average molecular weight is 617 g/mol. The molecule has 2 N–H and O–H groups in total. The van der Waals surface area contributed by atoms with E-state index in [0.29, 0.717) is 17.2 Å². The van der Waals surface area contributed by atoms with Crippen LogP contribution in [-0.4, -0.2) is 54.6 Å². The number of ether oxygens (including phenoxy) is 1. The van der Waals surface area contributed by atoms with Crippen LogP contribution in [0.3, 0.4) is 0 Å². The molecule has 0 radical (unpaired) electrons. The number of halogens is 1. The molecule has 0 aliphatic heterocycles. The van der Waals surface area contributed by atoms with E-state index < -0.39 is 15.8 Å². The van der Waals surface area contributed by atoms with Crippen molar-refractivity contribution in [1.29, 1.82) is 0 Å². The number of unbranched alkanes of at least 4 members (excludes halogenated alkanes) is 1. The standard InChI is InChI=1S/C33H37FN6O3S/c1-4-39(5-2)17-6-7-18-40-19-16-25-20-24(8-14-31(25)40)30-22-33(36-23-35-30)37-26-9-11-27(12-10-26)38-44(41,42)28-13-15-32(43-3)29(34)21-28/h8-16,19-23,38H,4-7,17-18H2,1-3H3,(H,35,36,37). The lowest BCUT2D eigenvalue weighted by Crippen LogP contribution is -2.24. The van der Waals surface area contributed by atoms with Gasteiger partial charge in [0.2, 0.25) is 0 Å². The molecule has 0 aliphatic rings. The summed E-state index contributed by atoms with van der Waals surface area (Å²) < 4.78 is 49.1. The number of hydrogen-bond acceptors (Lipinski definition) is 7. The van der Waals surface area contributed by atoms with E-state index in [1.807, 2.05) is 6.07 Å². The molecule has 5 rings (SSSR count). The molecule has 0 fully saturated rings. The quantitative estimate of drug-likeness (QED) is 0.131. The van der Waals surface area contributed by atoms with Gasteiger partial charge in [-0.25, -0.2) is 22.8 Å². The molecule has 0 amide bonds. The fourth-order valence-corrected chi connectivity index (χ4v) is 6.16. The Balaban J connectivity index is 1.22. The third-order valence-electron chi connectivity index (χ3n) is 7.59. The summed E-state index contributed by atoms with van der Waals surface area (Å²) in [5.74, 6) is -0.184. The molecule has 5 aromatic rings. The Bertz CT molecular complexity index is 1820. The zero-order chi connectivity index (χ0) is 31.1. The second-order valence-corrected chi connectivity index (χ2v) is 12.1. The number of methoxy groups -OCH3 is 1. The predicted octanol–water partition coefficient (Wildman–Crippen LogP) is 6.91. The smallest absolute Gasteiger partial charge is 0.262 e. The number of benzene rings is 3. The van der Waals surface area contributed by atoms with Crippen molar-refractivity contribution in [1.82, 2.24) is 19.4 Å². The molecule has 2 heterocycles. The first-order valence-electron chi connectivity index (χ1n) is 14.7. The summed E-state index contributed by atoms with van der Waals surface area (Å²) in [6.07, 6.45) is 5.98. The number of anilines is 3. The molecular formula is C33H37FN6O3S. The second kappa shape index (κ2) is 13.9. The Morgan fingerprint density at radius 3 is 2.41 bits per heavy atom. The minimum atomic E-state index is -3.98. The minimum Gasteiger partial charge on any atom is -0.494 e. The molecule has 9 nitrogen and oxygen atoms in total. The Morgan fingerprint density at radius 1 is 0.909 bits per heavy atom. The molecule has 0 atom stereocenters. The predicted molar refractivity (Wildman–Crippen MR) is 173 cm³/mol. The molecule has 0 saturated carbocycles. The number of nitrogens with zero attached hydrogens (tertiary/aromatic N) is 4. The van der Waals surface area contributed by atoms with Gasteiger partial charge in [-0.2, -0.15) is 0 Å². The van der Waals surface area contributed by atoms with Gasteiger partial charge in [0.15, 0.2) is 11.6 Å². The van der Waals surface area contributed by atoms with Crippen molar-refractivity contribution in [2.45, 2.75) is 38.1 Å². The third-order valence-corrected chi connectivity index (χ3v) is 8.97. The zero-order valence-corrected chi connectivity index (χ0v) is 25.9. The van der Waals surface area contributed by atoms with Crippen molar-refractivity contribution in [2.75, 3.05) is 36.8 Å². The third kappa shape index (κ3) is 7.35. The number of fused-ring (bicyclic) bond motifs is 1. The zero-order valence-electron chi connectivity index (χ0n) is 25.1. The van der Waals surface area contributed by atoms with E-state index in [1.165, 1.54) is 37.5 Å². The lowest BCUT2D eigenvalue weighted by Gasteiger charge is -2.17. The van der Waals surface area contributed by atoms with Gasteiger partial charge < -0.3 is 19.5 Å². The monoisotopic (exact) mass is 616 g/mol. The van der Waals surface area contributed by atoms with Crippen molar-refractivity contribution >= 4 is 38.1 Å². The van der Waals surface area contributed by atoms with Gasteiger partial charge in [-0.05, 0) is 93.1 Å². The summed E-state index contributed by atoms with van der Waals surface area (Å²) in [6.45, 7) is 8.74. The molecule has 0 unspecified atom stereocenters. The largest absolute Gasteiger partial charge is 0.494 e. The van der Waals surface area contributed by atoms with Crippen LogP contribution in [0.15, 0.2) is 90.2 Å². The first-order valence-corrected chi connectivity index (χ1v) is 16.1. The van der Waals surface area contributed by atoms with Crippen LogP contribution in [0.4, 0.5) is 21.6 Å². The maximum Gasteiger partial charge on any atom is 0.262 e. The molecule has 0 aliphatic carbocycles. The normalized spacial score (nSPS) is 11.7. The highest BCUT2D eigenvalue weighted by Gasteiger charge is 2.17. The highest BCUT2D eigenvalue weighted by molar-refractivity contribution is 7.92. The Labute approximate surface area is 257 Å². The Hall–Kier alpha value is -4.48. The molecule has 0 bridgehead atoms. The number of hydrogen-bond donors (Lipinski definition) is 2. The molecule has 44 heavy (non-hydrogen) atoms. The highest BCUT2D eigenvalue weighted by atomic mass is 32.2. The van der Waals surface area contributed by atoms with E-state index >= 15 is 0 Å². The van der Waals surface area contributed by atoms with E-state index in [2.05, 4.69) is 73.8 Å². The maximum absolute atomic E-state index is 14.0. The lowest BCUT2D eigenvalue weighted by atomic mass is 10.1. The summed E-state index contributed by atoms with van der Waals surface area (Å²) in [4.78, 5) is 11.1. The van der Waals surface area contributed by atoms with Gasteiger partial charge in [0, 0.05) is 46.6 Å². The minimum absolute atomic E-state index is 0.0285. The van der Waals surface area contributed by atoms with Crippen molar-refractivity contribution in [2.24, 2.45) is 0 Å². The average Bonchev–Trinajstić information content (AvgIpc) is 3.44. The van der Waals surface area contributed by atoms with Crippen LogP contribution in [0.1, 0.15) is 26.7 Å². The highest BCUT2D eigenvalue weighted by Crippen LogP contribution is 2.27. The van der Waals surface area contributed by atoms with E-state index in [0.717, 1.165) is 55.3 Å². The fourth-order valence-electron chi connectivity index (χ4n) is 5.09. The summed E-state index contributed by atoms with van der Waals surface area (Å²) in [5.41, 5.74) is 4.02. The van der Waals surface area contributed by atoms with Gasteiger partial charge >= 0.3 is 0 Å². The van der Waals surface area contributed by atoms with E-state index in [1.54, 1.807) is 24.3 Å². The number of nitrogens with one attached hydrogen (secondary N) is 2. The van der Waals surface area contributed by atoms with Crippen LogP contribution in [0, 0.1) is 5.82 Å². The molecule has 2 aromatic heterocycles. The number of aromatic nitrogens is 3. The maximum atomic E-state index is 14.0. The molecule has 0 saturated heterocycles. The first-order chi connectivity index (χ1) is 21.3. The van der Waals surface area contributed by atoms with E-state index in [4.69, 9.17) is 4.74 Å². The van der Waals surface area contributed by atoms with Gasteiger partial charge in [0.1, 0.15) is 12.1 Å². The molecular weight excluding hydrogens is 579 g/mol. The topological polar surface area (TPSA) is 101 Å². The summed E-state index contributed by atoms with van der Waals surface area (Å²) >= 11 is 0. The van der Waals surface area contributed by atoms with Crippen LogP contribution in [0.2, 0.25) is 0 Å². The lowest BCUT2D eigenvalue weighted by molar-refractivity contribution is 0.294. The van der Waals surface area contributed by atoms with Crippen LogP contribution in [-0.2, 0) is 16.6 Å². The number of aryl methyl sites for hydroxylation is 1. The molecule has 0 spiro atoms. The van der Waals surface area contributed by atoms with Crippen molar-refractivity contribution in [3.05, 3.63) is 91.1 Å². The molecule has 3 aromatic carbocycles. The van der Waals surface area contributed by atoms with Gasteiger partial charge in [-0.1, -0.05) is 19.9 Å². The first kappa shape index (κ1) is 31.0. The summed E-state index contributed by atoms with van der Waals surface area (Å²) in [7, 11) is -2.67. The number of sulfonamides is 1. The van der Waals surface area contributed by atoms with Crippen LogP contribution >= 0.6 is 0 Å². The molecule has 11 heteroatoms. The summed E-state index contributed by atoms with van der Waals surface area (Å²) in [6, 6.07) is 20.6. The van der Waals surface area contributed by atoms with Crippen molar-refractivity contribution in [3.8, 4) is 17.0 Å². The second-order valence-electron chi connectivity index (χ2n) is 10.4. The summed E-state index contributed by atoms with van der Waals surface area (Å²) in [5, 5.41) is 4.40. The van der Waals surface area contributed by atoms with Gasteiger partial charge in [0.05, 0.1) is 17.7 Å². The fraction of sp³-hybridized carbons (Fsp3) is 0.273. The van der Waals surface area contributed by atoms with Crippen LogP contribution in [0.25, 0.3) is 22.2 Å². The van der Waals surface area contributed by atoms with Gasteiger partial charge in [0.25, 0.3) is 10.0 Å².